The summed E-state index contributed by atoms with van der Waals surface area (Å²) in [5.41, 5.74) is 4.89. The number of nitrogens with one attached hydrogen (secondary N) is 2. The van der Waals surface area contributed by atoms with E-state index in [4.69, 9.17) is 4.74 Å². The highest BCUT2D eigenvalue weighted by atomic mass is 16.5. The van der Waals surface area contributed by atoms with Crippen LogP contribution in [0.4, 0.5) is 0 Å². The van der Waals surface area contributed by atoms with Gasteiger partial charge in [-0.2, -0.15) is 5.10 Å². The molecule has 0 saturated heterocycles. The van der Waals surface area contributed by atoms with Gasteiger partial charge in [-0.15, -0.1) is 0 Å². The summed E-state index contributed by atoms with van der Waals surface area (Å²) >= 11 is 0. The predicted octanol–water partition coefficient (Wildman–Crippen LogP) is 2.43. The monoisotopic (exact) mass is 388 g/mol. The molecule has 1 aromatic heterocycles. The molecule has 3 rings (SSSR count). The summed E-state index contributed by atoms with van der Waals surface area (Å²) in [6, 6.07) is 20.6. The van der Waals surface area contributed by atoms with E-state index in [0.29, 0.717) is 6.61 Å². The second kappa shape index (κ2) is 10.4. The maximum Gasteiger partial charge on any atom is 0.329 e. The third-order valence-electron chi connectivity index (χ3n) is 3.92. The van der Waals surface area contributed by atoms with Crippen LogP contribution in [-0.4, -0.2) is 23.0 Å². The molecule has 0 fully saturated rings. The summed E-state index contributed by atoms with van der Waals surface area (Å²) in [4.78, 5) is 27.4. The van der Waals surface area contributed by atoms with Crippen molar-refractivity contribution in [3.05, 3.63) is 95.8 Å². The number of hydrazone groups is 1. The van der Waals surface area contributed by atoms with Crippen LogP contribution in [0.2, 0.25) is 0 Å². The number of aromatic nitrogens is 1. The second-order valence-electron chi connectivity index (χ2n) is 6.08. The Balaban J connectivity index is 1.42. The highest BCUT2D eigenvalue weighted by Gasteiger charge is 2.11. The summed E-state index contributed by atoms with van der Waals surface area (Å²) in [5.74, 6) is -0.868. The van der Waals surface area contributed by atoms with Crippen LogP contribution in [0.15, 0.2) is 84.2 Å². The molecule has 0 aliphatic carbocycles. The van der Waals surface area contributed by atoms with Gasteiger partial charge >= 0.3 is 11.8 Å². The molecular weight excluding hydrogens is 368 g/mol. The number of amides is 2. The molecule has 2 amide bonds. The van der Waals surface area contributed by atoms with E-state index in [0.717, 1.165) is 22.4 Å². The predicted molar refractivity (Wildman–Crippen MR) is 109 cm³/mol. The van der Waals surface area contributed by atoms with Crippen LogP contribution in [0.5, 0.6) is 5.75 Å². The molecule has 7 heteroatoms. The fourth-order valence-electron chi connectivity index (χ4n) is 2.37. The molecule has 2 N–H and O–H groups in total. The molecule has 3 aromatic rings. The minimum Gasteiger partial charge on any atom is -0.489 e. The van der Waals surface area contributed by atoms with Gasteiger partial charge in [0.1, 0.15) is 12.4 Å². The third kappa shape index (κ3) is 6.59. The Hall–Kier alpha value is -4.00. The van der Waals surface area contributed by atoms with Gasteiger partial charge in [-0.25, -0.2) is 5.43 Å². The summed E-state index contributed by atoms with van der Waals surface area (Å²) in [7, 11) is 0. The largest absolute Gasteiger partial charge is 0.489 e. The SMILES string of the molecule is O=C(NCc1ccncc1)C(=O)N/N=C\c1ccc(OCc2ccccc2)cc1. The fraction of sp³-hybridized carbons (Fsp3) is 0.0909. The zero-order valence-corrected chi connectivity index (χ0v) is 15.6. The van der Waals surface area contributed by atoms with Crippen LogP contribution in [0.3, 0.4) is 0 Å². The zero-order chi connectivity index (χ0) is 20.3. The molecular formula is C22H20N4O3. The lowest BCUT2D eigenvalue weighted by molar-refractivity contribution is -0.139. The Morgan fingerprint density at radius 3 is 2.34 bits per heavy atom. The van der Waals surface area contributed by atoms with E-state index in [1.807, 2.05) is 42.5 Å². The topological polar surface area (TPSA) is 92.7 Å². The molecule has 0 atom stereocenters. The van der Waals surface area contributed by atoms with Gasteiger partial charge in [-0.3, -0.25) is 14.6 Å². The highest BCUT2D eigenvalue weighted by Crippen LogP contribution is 2.13. The lowest BCUT2D eigenvalue weighted by Gasteiger charge is -2.06. The van der Waals surface area contributed by atoms with Gasteiger partial charge in [0.25, 0.3) is 0 Å². The Labute approximate surface area is 168 Å². The molecule has 29 heavy (non-hydrogen) atoms. The first-order valence-electron chi connectivity index (χ1n) is 8.97. The normalized spacial score (nSPS) is 10.5. The summed E-state index contributed by atoms with van der Waals surface area (Å²) < 4.78 is 5.71. The number of rotatable bonds is 7. The van der Waals surface area contributed by atoms with E-state index in [1.54, 1.807) is 36.7 Å². The maximum absolute atomic E-state index is 11.8. The van der Waals surface area contributed by atoms with E-state index in [1.165, 1.54) is 6.21 Å². The molecule has 0 saturated carbocycles. The number of hydrogen-bond donors (Lipinski definition) is 2. The molecule has 146 valence electrons. The third-order valence-corrected chi connectivity index (χ3v) is 3.92. The summed E-state index contributed by atoms with van der Waals surface area (Å²) in [6.07, 6.45) is 4.68. The average molecular weight is 388 g/mol. The van der Waals surface area contributed by atoms with Crippen LogP contribution < -0.4 is 15.5 Å². The molecule has 0 unspecified atom stereocenters. The van der Waals surface area contributed by atoms with Crippen molar-refractivity contribution in [2.75, 3.05) is 0 Å². The van der Waals surface area contributed by atoms with Crippen LogP contribution >= 0.6 is 0 Å². The van der Waals surface area contributed by atoms with Crippen molar-refractivity contribution in [2.45, 2.75) is 13.2 Å². The van der Waals surface area contributed by atoms with Crippen molar-refractivity contribution in [1.82, 2.24) is 15.7 Å². The summed E-state index contributed by atoms with van der Waals surface area (Å²) in [6.45, 7) is 0.724. The number of nitrogens with zero attached hydrogens (tertiary/aromatic N) is 2. The first-order chi connectivity index (χ1) is 14.2. The molecule has 0 radical (unpaired) electrons. The lowest BCUT2D eigenvalue weighted by atomic mass is 10.2. The quantitative estimate of drug-likeness (QED) is 0.369. The number of hydrogen-bond acceptors (Lipinski definition) is 5. The number of pyridine rings is 1. The molecule has 0 aliphatic rings. The molecule has 7 nitrogen and oxygen atoms in total. The van der Waals surface area contributed by atoms with Gasteiger partial charge < -0.3 is 10.1 Å². The number of benzene rings is 2. The Kier molecular flexibility index (Phi) is 7.06. The smallest absolute Gasteiger partial charge is 0.329 e. The highest BCUT2D eigenvalue weighted by molar-refractivity contribution is 6.35. The van der Waals surface area contributed by atoms with Crippen LogP contribution in [0.1, 0.15) is 16.7 Å². The van der Waals surface area contributed by atoms with Crippen molar-refractivity contribution in [2.24, 2.45) is 5.10 Å². The van der Waals surface area contributed by atoms with Gasteiger partial charge in [-0.1, -0.05) is 30.3 Å². The molecule has 0 bridgehead atoms. The van der Waals surface area contributed by atoms with Crippen LogP contribution in [0, 0.1) is 0 Å². The van der Waals surface area contributed by atoms with Crippen molar-refractivity contribution in [3.63, 3.8) is 0 Å². The van der Waals surface area contributed by atoms with Gasteiger partial charge in [-0.05, 0) is 53.1 Å². The number of ether oxygens (including phenoxy) is 1. The maximum atomic E-state index is 11.8. The Morgan fingerprint density at radius 1 is 0.897 bits per heavy atom. The Morgan fingerprint density at radius 2 is 1.62 bits per heavy atom. The number of carbonyl (C=O) groups is 2. The van der Waals surface area contributed by atoms with Crippen molar-refractivity contribution in [3.8, 4) is 5.75 Å². The molecule has 2 aromatic carbocycles. The van der Waals surface area contributed by atoms with Gasteiger partial charge in [0.15, 0.2) is 0 Å². The summed E-state index contributed by atoms with van der Waals surface area (Å²) in [5, 5.41) is 6.32. The minimum atomic E-state index is -0.835. The molecule has 1 heterocycles. The van der Waals surface area contributed by atoms with Crippen LogP contribution in [-0.2, 0) is 22.7 Å². The first kappa shape index (κ1) is 19.8. The number of carbonyl (C=O) groups excluding carboxylic acids is 2. The van der Waals surface area contributed by atoms with Crippen LogP contribution in [0.25, 0.3) is 0 Å². The van der Waals surface area contributed by atoms with E-state index >= 15 is 0 Å². The van der Waals surface area contributed by atoms with Crippen molar-refractivity contribution < 1.29 is 14.3 Å². The van der Waals surface area contributed by atoms with E-state index in [9.17, 15) is 9.59 Å². The van der Waals surface area contributed by atoms with Crippen molar-refractivity contribution >= 4 is 18.0 Å². The van der Waals surface area contributed by atoms with Gasteiger partial charge in [0.2, 0.25) is 0 Å². The van der Waals surface area contributed by atoms with E-state index in [2.05, 4.69) is 20.8 Å². The Bertz CT molecular complexity index is 958. The standard InChI is InChI=1S/C22H20N4O3/c27-21(24-14-18-10-12-23-13-11-18)22(28)26-25-15-17-6-8-20(9-7-17)29-16-19-4-2-1-3-5-19/h1-13,15H,14,16H2,(H,24,27)(H,26,28)/b25-15-. The van der Waals surface area contributed by atoms with Gasteiger partial charge in [0, 0.05) is 18.9 Å². The molecule has 0 spiro atoms. The first-order valence-corrected chi connectivity index (χ1v) is 8.97. The lowest BCUT2D eigenvalue weighted by Crippen LogP contribution is -2.37. The van der Waals surface area contributed by atoms with E-state index < -0.39 is 11.8 Å². The zero-order valence-electron chi connectivity index (χ0n) is 15.6. The fourth-order valence-corrected chi connectivity index (χ4v) is 2.37. The van der Waals surface area contributed by atoms with Crippen molar-refractivity contribution in [1.29, 1.82) is 0 Å². The second-order valence-corrected chi connectivity index (χ2v) is 6.08. The minimum absolute atomic E-state index is 0.239. The molecule has 0 aliphatic heterocycles. The van der Waals surface area contributed by atoms with E-state index in [-0.39, 0.29) is 6.54 Å². The van der Waals surface area contributed by atoms with Gasteiger partial charge in [0.05, 0.1) is 6.21 Å². The average Bonchev–Trinajstić information content (AvgIpc) is 2.78.